The Morgan fingerprint density at radius 1 is 1.71 bits per heavy atom. The van der Waals surface area contributed by atoms with Crippen molar-refractivity contribution in [1.82, 2.24) is 5.48 Å². The maximum atomic E-state index is 9.23. The number of primary amides is 1. The zero-order chi connectivity index (χ0) is 11.0. The third kappa shape index (κ3) is 6.97. The molecule has 1 aromatic rings. The molecule has 0 radical (unpaired) electrons. The van der Waals surface area contributed by atoms with Crippen LogP contribution in [0.1, 0.15) is 11.5 Å². The molecule has 2 amide bonds. The van der Waals surface area contributed by atoms with Gasteiger partial charge < -0.3 is 5.73 Å². The predicted molar refractivity (Wildman–Crippen MR) is 52.2 cm³/mol. The second kappa shape index (κ2) is 7.87. The van der Waals surface area contributed by atoms with E-state index in [0.717, 1.165) is 17.9 Å². The van der Waals surface area contributed by atoms with Gasteiger partial charge in [-0.15, -0.1) is 0 Å². The van der Waals surface area contributed by atoms with E-state index in [4.69, 9.17) is 9.62 Å². The van der Waals surface area contributed by atoms with Crippen LogP contribution in [0.3, 0.4) is 0 Å². The van der Waals surface area contributed by atoms with E-state index in [-0.39, 0.29) is 0 Å². The Balaban J connectivity index is 0.000000292. The van der Waals surface area contributed by atoms with Gasteiger partial charge in [0.15, 0.2) is 0 Å². The van der Waals surface area contributed by atoms with Gasteiger partial charge in [-0.2, -0.15) is 0 Å². The van der Waals surface area contributed by atoms with Gasteiger partial charge in [0, 0.05) is 0 Å². The van der Waals surface area contributed by atoms with Crippen LogP contribution in [0, 0.1) is 6.92 Å². The van der Waals surface area contributed by atoms with Crippen molar-refractivity contribution in [3.05, 3.63) is 23.7 Å². The van der Waals surface area contributed by atoms with E-state index in [1.807, 2.05) is 13.0 Å². The van der Waals surface area contributed by atoms with Gasteiger partial charge in [0.05, 0.1) is 0 Å². The molecular weight excluding hydrogens is 195 g/mol. The molecule has 1 aromatic heterocycles. The van der Waals surface area contributed by atoms with E-state index < -0.39 is 6.03 Å². The van der Waals surface area contributed by atoms with E-state index in [2.05, 4.69) is 11.8 Å². The average Bonchev–Trinajstić information content (AvgIpc) is 2.53. The van der Waals surface area contributed by atoms with Gasteiger partial charge in [-0.1, -0.05) is 0 Å². The quantitative estimate of drug-likeness (QED) is 0.381. The molecule has 74 valence electrons. The Morgan fingerprint density at radius 3 is 2.57 bits per heavy atom. The molecule has 6 heteroatoms. The SMILES string of the molecule is Cc1ccc(C[CH2][Na])o1.NC(=O)NO. The molecule has 0 aliphatic rings. The van der Waals surface area contributed by atoms with Gasteiger partial charge in [0.25, 0.3) is 0 Å². The molecule has 5 nitrogen and oxygen atoms in total. The molecule has 0 aliphatic carbocycles. The van der Waals surface area contributed by atoms with Crippen molar-refractivity contribution in [2.24, 2.45) is 5.73 Å². The summed E-state index contributed by atoms with van der Waals surface area (Å²) in [5.74, 6) is 2.17. The first kappa shape index (κ1) is 13.5. The monoisotopic (exact) mass is 208 g/mol. The van der Waals surface area contributed by atoms with Crippen molar-refractivity contribution >= 4 is 34.0 Å². The first-order valence-corrected chi connectivity index (χ1v) is 5.76. The number of amides is 2. The molecule has 0 bridgehead atoms. The van der Waals surface area contributed by atoms with Crippen molar-refractivity contribution < 1.29 is 14.4 Å². The number of rotatable bonds is 2. The smallest absolute Gasteiger partial charge is 0.335 e. The minimum atomic E-state index is -0.940. The standard InChI is InChI=1S/C7H9O.CH4N2O2.Na/c1-3-7-5-4-6(2)8-7;2-1(4)3-5;/h4-5H,1,3H2,2H3;5H,(H3,2,3,4);. The van der Waals surface area contributed by atoms with Crippen LogP contribution < -0.4 is 11.2 Å². The van der Waals surface area contributed by atoms with Gasteiger partial charge in [-0.05, 0) is 0 Å². The number of nitrogens with one attached hydrogen (secondary N) is 1. The van der Waals surface area contributed by atoms with E-state index >= 15 is 0 Å². The third-order valence-corrected chi connectivity index (χ3v) is 1.90. The molecule has 0 aliphatic heterocycles. The summed E-state index contributed by atoms with van der Waals surface area (Å²) in [6.07, 6.45) is 1.13. The summed E-state index contributed by atoms with van der Waals surface area (Å²) in [6, 6.07) is 3.14. The molecule has 0 saturated heterocycles. The molecule has 0 saturated carbocycles. The number of aryl methyl sites for hydroxylation is 2. The summed E-state index contributed by atoms with van der Waals surface area (Å²) in [4.78, 5) is 9.23. The van der Waals surface area contributed by atoms with Crippen molar-refractivity contribution in [1.29, 1.82) is 0 Å². The van der Waals surface area contributed by atoms with E-state index in [1.165, 1.54) is 37.1 Å². The molecule has 4 N–H and O–H groups in total. The summed E-state index contributed by atoms with van der Waals surface area (Å²) in [5.41, 5.74) is 5.46. The second-order valence-corrected chi connectivity index (χ2v) is 3.74. The van der Waals surface area contributed by atoms with Gasteiger partial charge in [-0.25, -0.2) is 10.3 Å². The number of furan rings is 1. The zero-order valence-corrected chi connectivity index (χ0v) is 10.4. The average molecular weight is 208 g/mol. The number of carbonyl (C=O) groups is 1. The van der Waals surface area contributed by atoms with E-state index in [9.17, 15) is 4.79 Å². The topological polar surface area (TPSA) is 88.5 Å². The van der Waals surface area contributed by atoms with Gasteiger partial charge >= 0.3 is 79.0 Å². The Kier molecular flexibility index (Phi) is 7.60. The van der Waals surface area contributed by atoms with Gasteiger partial charge in [0.2, 0.25) is 0 Å². The molecule has 0 atom stereocenters. The maximum absolute atomic E-state index is 9.23. The summed E-state index contributed by atoms with van der Waals surface area (Å²) >= 11 is 1.27. The van der Waals surface area contributed by atoms with E-state index in [0.29, 0.717) is 0 Å². The molecule has 0 aromatic carbocycles. The largest absolute Gasteiger partial charge is 0.350 e. The molecule has 1 rings (SSSR count). The minimum Gasteiger partial charge on any atom is -0.350 e. The van der Waals surface area contributed by atoms with Crippen LogP contribution in [-0.4, -0.2) is 39.2 Å². The second-order valence-electron chi connectivity index (χ2n) is 2.74. The number of hydrogen-bond acceptors (Lipinski definition) is 3. The Morgan fingerprint density at radius 2 is 2.29 bits per heavy atom. The summed E-state index contributed by atoms with van der Waals surface area (Å²) in [7, 11) is 0. The molecule has 0 fully saturated rings. The van der Waals surface area contributed by atoms with Crippen LogP contribution in [-0.2, 0) is 6.42 Å². The molecule has 0 spiro atoms. The molecule has 14 heavy (non-hydrogen) atoms. The molecule has 0 unspecified atom stereocenters. The number of hydrogen-bond donors (Lipinski definition) is 3. The van der Waals surface area contributed by atoms with Gasteiger partial charge in [-0.3, -0.25) is 5.21 Å². The fraction of sp³-hybridized carbons (Fsp3) is 0.375. The van der Waals surface area contributed by atoms with Crippen molar-refractivity contribution in [3.8, 4) is 0 Å². The fourth-order valence-corrected chi connectivity index (χ4v) is 1.36. The fourth-order valence-electron chi connectivity index (χ4n) is 0.866. The Bertz CT molecular complexity index is 275. The Labute approximate surface area is 100 Å². The number of hydroxylamine groups is 1. The van der Waals surface area contributed by atoms with Crippen LogP contribution >= 0.6 is 0 Å². The normalized spacial score (nSPS) is 8.86. The number of urea groups is 1. The van der Waals surface area contributed by atoms with Crippen LogP contribution in [0.4, 0.5) is 4.79 Å². The first-order valence-electron chi connectivity index (χ1n) is 4.35. The molecule has 1 heterocycles. The summed E-state index contributed by atoms with van der Waals surface area (Å²) in [5, 5.41) is 7.42. The van der Waals surface area contributed by atoms with Gasteiger partial charge in [0.1, 0.15) is 0 Å². The molecular formula is C8H13N2NaO3. The van der Waals surface area contributed by atoms with Crippen LogP contribution in [0.15, 0.2) is 16.5 Å². The Hall–Kier alpha value is -0.490. The summed E-state index contributed by atoms with van der Waals surface area (Å²) < 4.78 is 6.64. The first-order chi connectivity index (χ1) is 6.60. The van der Waals surface area contributed by atoms with E-state index in [1.54, 1.807) is 0 Å². The number of carbonyl (C=O) groups excluding carboxylic acids is 1. The van der Waals surface area contributed by atoms with Crippen LogP contribution in [0.25, 0.3) is 0 Å². The maximum Gasteiger partial charge on any atom is 0.335 e. The minimum absolute atomic E-state index is 0.940. The van der Waals surface area contributed by atoms with Crippen molar-refractivity contribution in [3.63, 3.8) is 0 Å². The zero-order valence-electron chi connectivity index (χ0n) is 8.41. The predicted octanol–water partition coefficient (Wildman–Crippen LogP) is 0.761. The summed E-state index contributed by atoms with van der Waals surface area (Å²) in [6.45, 7) is 1.98. The van der Waals surface area contributed by atoms with Crippen molar-refractivity contribution in [2.75, 3.05) is 0 Å². The van der Waals surface area contributed by atoms with Crippen molar-refractivity contribution in [2.45, 2.75) is 17.0 Å². The number of nitrogens with two attached hydrogens (primary N) is 1. The van der Waals surface area contributed by atoms with Crippen LogP contribution in [0.2, 0.25) is 3.67 Å². The third-order valence-electron chi connectivity index (χ3n) is 1.40. The van der Waals surface area contributed by atoms with Crippen LogP contribution in [0.5, 0.6) is 0 Å².